The number of unbranched alkanes of at least 4 members (excludes halogenated alkanes) is 13. The first-order valence-corrected chi connectivity index (χ1v) is 18.8. The number of hydrogen-bond donors (Lipinski definition) is 0. The number of fused-ring (bicyclic) bond motifs is 5. The van der Waals surface area contributed by atoms with E-state index in [1.165, 1.54) is 135 Å². The van der Waals surface area contributed by atoms with Gasteiger partial charge in [0.25, 0.3) is 0 Å². The predicted molar refractivity (Wildman–Crippen MR) is 175 cm³/mol. The lowest BCUT2D eigenvalue weighted by atomic mass is 9.47. The molecule has 7 atom stereocenters. The summed E-state index contributed by atoms with van der Waals surface area (Å²) in [6.07, 6.45) is 35.5. The molecule has 0 aromatic carbocycles. The van der Waals surface area contributed by atoms with E-state index in [9.17, 15) is 4.79 Å². The molecule has 0 N–H and O–H groups in total. The largest absolute Gasteiger partial charge is 0.462 e. The van der Waals surface area contributed by atoms with Crippen LogP contribution in [0.3, 0.4) is 0 Å². The van der Waals surface area contributed by atoms with Crippen LogP contribution in [-0.2, 0) is 9.53 Å². The Bertz CT molecular complexity index is 814. The van der Waals surface area contributed by atoms with Gasteiger partial charge in [0.1, 0.15) is 6.10 Å². The van der Waals surface area contributed by atoms with Gasteiger partial charge in [0.2, 0.25) is 0 Å². The molecule has 0 saturated heterocycles. The zero-order valence-corrected chi connectivity index (χ0v) is 28.0. The standard InChI is InChI=1S/C39H68O2/c1-5-7-9-11-13-14-15-17-19-21-37(40)41-33-26-28-39(4)32(30-33)22-24-34-35-25-23-31(20-18-16-12-10-8-6-2)38(35,3)29-27-36(34)39/h22,31,33-36H,5-21,23-30H2,1-4H3/t31?,33-,34?,35?,36?,38+,39-/m0/s1. The highest BCUT2D eigenvalue weighted by molar-refractivity contribution is 5.69. The van der Waals surface area contributed by atoms with Gasteiger partial charge in [-0.3, -0.25) is 4.79 Å². The average Bonchev–Trinajstić information content (AvgIpc) is 3.30. The Hall–Kier alpha value is -0.790. The quantitative estimate of drug-likeness (QED) is 0.0933. The zero-order chi connectivity index (χ0) is 29.1. The normalized spacial score (nSPS) is 34.4. The van der Waals surface area contributed by atoms with Crippen LogP contribution in [0.2, 0.25) is 0 Å². The van der Waals surface area contributed by atoms with Crippen molar-refractivity contribution in [2.24, 2.45) is 34.5 Å². The summed E-state index contributed by atoms with van der Waals surface area (Å²) in [5.41, 5.74) is 2.59. The van der Waals surface area contributed by atoms with Crippen molar-refractivity contribution in [2.75, 3.05) is 0 Å². The average molecular weight is 569 g/mol. The fourth-order valence-electron chi connectivity index (χ4n) is 10.3. The molecule has 0 amide bonds. The van der Waals surface area contributed by atoms with Gasteiger partial charge in [-0.25, -0.2) is 0 Å². The van der Waals surface area contributed by atoms with Crippen LogP contribution in [0.15, 0.2) is 11.6 Å². The molecule has 4 aliphatic carbocycles. The summed E-state index contributed by atoms with van der Waals surface area (Å²) in [6, 6.07) is 0. The summed E-state index contributed by atoms with van der Waals surface area (Å²) in [6.45, 7) is 9.90. The molecule has 0 radical (unpaired) electrons. The van der Waals surface area contributed by atoms with E-state index in [1.54, 1.807) is 5.57 Å². The first kappa shape index (κ1) is 33.1. The van der Waals surface area contributed by atoms with Crippen LogP contribution in [0, 0.1) is 34.5 Å². The third-order valence-electron chi connectivity index (χ3n) is 12.9. The Kier molecular flexibility index (Phi) is 13.2. The number of ether oxygens (including phenoxy) is 1. The van der Waals surface area contributed by atoms with Crippen LogP contribution in [0.4, 0.5) is 0 Å². The second-order valence-corrected chi connectivity index (χ2v) is 15.6. The van der Waals surface area contributed by atoms with Gasteiger partial charge >= 0.3 is 5.97 Å². The van der Waals surface area contributed by atoms with Crippen LogP contribution in [0.5, 0.6) is 0 Å². The van der Waals surface area contributed by atoms with Crippen molar-refractivity contribution in [3.8, 4) is 0 Å². The van der Waals surface area contributed by atoms with Gasteiger partial charge in [-0.05, 0) is 92.3 Å². The van der Waals surface area contributed by atoms with Crippen molar-refractivity contribution in [3.05, 3.63) is 11.6 Å². The van der Waals surface area contributed by atoms with Crippen molar-refractivity contribution in [2.45, 2.75) is 194 Å². The van der Waals surface area contributed by atoms with Crippen molar-refractivity contribution in [1.82, 2.24) is 0 Å². The number of carbonyl (C=O) groups is 1. The molecule has 0 bridgehead atoms. The van der Waals surface area contributed by atoms with Gasteiger partial charge in [-0.15, -0.1) is 0 Å². The highest BCUT2D eigenvalue weighted by Crippen LogP contribution is 2.66. The summed E-state index contributed by atoms with van der Waals surface area (Å²) in [7, 11) is 0. The van der Waals surface area contributed by atoms with Crippen molar-refractivity contribution in [1.29, 1.82) is 0 Å². The Morgan fingerprint density at radius 2 is 1.39 bits per heavy atom. The smallest absolute Gasteiger partial charge is 0.306 e. The molecule has 2 nitrogen and oxygen atoms in total. The van der Waals surface area contributed by atoms with Crippen LogP contribution < -0.4 is 0 Å². The second kappa shape index (κ2) is 16.3. The van der Waals surface area contributed by atoms with E-state index in [-0.39, 0.29) is 12.1 Å². The number of rotatable bonds is 18. The van der Waals surface area contributed by atoms with E-state index in [1.807, 2.05) is 0 Å². The molecule has 3 saturated carbocycles. The van der Waals surface area contributed by atoms with E-state index in [2.05, 4.69) is 33.8 Å². The minimum Gasteiger partial charge on any atom is -0.462 e. The maximum absolute atomic E-state index is 12.7. The minimum atomic E-state index is 0.0617. The molecule has 236 valence electrons. The van der Waals surface area contributed by atoms with E-state index < -0.39 is 0 Å². The topological polar surface area (TPSA) is 26.3 Å². The van der Waals surface area contributed by atoms with Gasteiger partial charge in [0.05, 0.1) is 0 Å². The molecule has 4 aliphatic rings. The van der Waals surface area contributed by atoms with Crippen LogP contribution in [0.1, 0.15) is 188 Å². The van der Waals surface area contributed by atoms with E-state index in [0.717, 1.165) is 42.9 Å². The Labute approximate surface area is 255 Å². The molecular formula is C39H68O2. The highest BCUT2D eigenvalue weighted by Gasteiger charge is 2.58. The molecular weight excluding hydrogens is 500 g/mol. The molecule has 3 fully saturated rings. The summed E-state index contributed by atoms with van der Waals surface area (Å²) in [5, 5.41) is 0. The minimum absolute atomic E-state index is 0.0617. The van der Waals surface area contributed by atoms with Crippen LogP contribution in [-0.4, -0.2) is 12.1 Å². The summed E-state index contributed by atoms with van der Waals surface area (Å²) in [5.74, 6) is 3.72. The van der Waals surface area contributed by atoms with Crippen LogP contribution in [0.25, 0.3) is 0 Å². The van der Waals surface area contributed by atoms with E-state index >= 15 is 0 Å². The third kappa shape index (κ3) is 8.44. The SMILES string of the molecule is CCCCCCCCCCCC(=O)O[C@H]1CC[C@@]2(C)C(=CCC3C4CCC(CCCCCCCC)[C@@]4(C)CCC32)C1. The maximum atomic E-state index is 12.7. The highest BCUT2D eigenvalue weighted by atomic mass is 16.5. The van der Waals surface area contributed by atoms with Gasteiger partial charge in [-0.1, -0.05) is 129 Å². The lowest BCUT2D eigenvalue weighted by molar-refractivity contribution is -0.151. The van der Waals surface area contributed by atoms with Gasteiger partial charge in [0, 0.05) is 12.8 Å². The monoisotopic (exact) mass is 569 g/mol. The maximum Gasteiger partial charge on any atom is 0.306 e. The first-order valence-electron chi connectivity index (χ1n) is 18.8. The van der Waals surface area contributed by atoms with E-state index in [4.69, 9.17) is 4.74 Å². The number of carbonyl (C=O) groups excluding carboxylic acids is 1. The van der Waals surface area contributed by atoms with Crippen molar-refractivity contribution < 1.29 is 9.53 Å². The summed E-state index contributed by atoms with van der Waals surface area (Å²) in [4.78, 5) is 12.7. The summed E-state index contributed by atoms with van der Waals surface area (Å²) >= 11 is 0. The lowest BCUT2D eigenvalue weighted by Crippen LogP contribution is -2.50. The van der Waals surface area contributed by atoms with Crippen LogP contribution >= 0.6 is 0 Å². The number of hydrogen-bond acceptors (Lipinski definition) is 2. The number of esters is 1. The van der Waals surface area contributed by atoms with Gasteiger partial charge < -0.3 is 4.74 Å². The Balaban J connectivity index is 1.20. The molecule has 41 heavy (non-hydrogen) atoms. The molecule has 0 aliphatic heterocycles. The molecule has 0 spiro atoms. The number of allylic oxidation sites excluding steroid dienone is 1. The van der Waals surface area contributed by atoms with Crippen molar-refractivity contribution in [3.63, 3.8) is 0 Å². The molecule has 0 aromatic rings. The fraction of sp³-hybridized carbons (Fsp3) is 0.923. The van der Waals surface area contributed by atoms with Crippen molar-refractivity contribution >= 4 is 5.97 Å². The molecule has 4 unspecified atom stereocenters. The van der Waals surface area contributed by atoms with E-state index in [0.29, 0.717) is 17.3 Å². The molecule has 0 heterocycles. The second-order valence-electron chi connectivity index (χ2n) is 15.6. The Morgan fingerprint density at radius 1 is 0.756 bits per heavy atom. The lowest BCUT2D eigenvalue weighted by Gasteiger charge is -2.58. The third-order valence-corrected chi connectivity index (χ3v) is 12.9. The molecule has 0 aromatic heterocycles. The molecule has 4 rings (SSSR count). The zero-order valence-electron chi connectivity index (χ0n) is 28.0. The predicted octanol–water partition coefficient (Wildman–Crippen LogP) is 12.1. The van der Waals surface area contributed by atoms with Gasteiger partial charge in [0.15, 0.2) is 0 Å². The Morgan fingerprint density at radius 3 is 2.07 bits per heavy atom. The fourth-order valence-corrected chi connectivity index (χ4v) is 10.3. The first-order chi connectivity index (χ1) is 19.9. The van der Waals surface area contributed by atoms with Gasteiger partial charge in [-0.2, -0.15) is 0 Å². The molecule has 2 heteroatoms. The summed E-state index contributed by atoms with van der Waals surface area (Å²) < 4.78 is 6.08.